The molecule has 0 saturated heterocycles. The van der Waals surface area contributed by atoms with Crippen molar-refractivity contribution in [1.82, 2.24) is 0 Å². The van der Waals surface area contributed by atoms with Crippen LogP contribution < -0.4 is 4.90 Å². The van der Waals surface area contributed by atoms with Crippen LogP contribution in [0.25, 0.3) is 77.2 Å². The van der Waals surface area contributed by atoms with Crippen LogP contribution in [0.2, 0.25) is 0 Å². The molecule has 1 aliphatic carbocycles. The van der Waals surface area contributed by atoms with E-state index >= 15 is 0 Å². The van der Waals surface area contributed by atoms with Crippen molar-refractivity contribution in [2.45, 2.75) is 19.3 Å². The summed E-state index contributed by atoms with van der Waals surface area (Å²) in [4.78, 5) is 2.52. The van der Waals surface area contributed by atoms with Crippen LogP contribution >= 0.6 is 0 Å². The number of hydrogen-bond donors (Lipinski definition) is 0. The highest BCUT2D eigenvalue weighted by atomic mass is 15.1. The minimum Gasteiger partial charge on any atom is -0.309 e. The number of nitrogens with zero attached hydrogens (tertiary/aromatic N) is 1. The Morgan fingerprint density at radius 2 is 0.733 bits per heavy atom. The van der Waals surface area contributed by atoms with Crippen LogP contribution in [0.4, 0.5) is 17.1 Å². The highest BCUT2D eigenvalue weighted by Crippen LogP contribution is 2.53. The van der Waals surface area contributed by atoms with Gasteiger partial charge in [-0.15, -0.1) is 0 Å². The minimum absolute atomic E-state index is 0.147. The Morgan fingerprint density at radius 1 is 0.300 bits per heavy atom. The molecule has 0 heterocycles. The van der Waals surface area contributed by atoms with Gasteiger partial charge in [0.1, 0.15) is 0 Å². The summed E-state index contributed by atoms with van der Waals surface area (Å²) in [5.41, 5.74) is 18.2. The Morgan fingerprint density at radius 3 is 1.33 bits per heavy atom. The lowest BCUT2D eigenvalue weighted by Crippen LogP contribution is -2.17. The fraction of sp³-hybridized carbons (Fsp3) is 0.0508. The monoisotopic (exact) mass is 765 g/mol. The molecule has 0 aromatic heterocycles. The van der Waals surface area contributed by atoms with Gasteiger partial charge in [0.05, 0.1) is 5.69 Å². The number of rotatable bonds is 7. The van der Waals surface area contributed by atoms with Crippen molar-refractivity contribution >= 4 is 38.6 Å². The first kappa shape index (κ1) is 35.7. The average molecular weight is 766 g/mol. The number of benzene rings is 10. The molecule has 1 heteroatoms. The van der Waals surface area contributed by atoms with Gasteiger partial charge >= 0.3 is 0 Å². The van der Waals surface area contributed by atoms with Crippen molar-refractivity contribution in [3.8, 4) is 55.6 Å². The van der Waals surface area contributed by atoms with Gasteiger partial charge in [-0.2, -0.15) is 0 Å². The van der Waals surface area contributed by atoms with Gasteiger partial charge in [-0.25, -0.2) is 0 Å². The van der Waals surface area contributed by atoms with E-state index in [4.69, 9.17) is 0 Å². The van der Waals surface area contributed by atoms with E-state index in [1.165, 1.54) is 94.0 Å². The number of anilines is 3. The predicted octanol–water partition coefficient (Wildman–Crippen LogP) is 16.4. The molecule has 60 heavy (non-hydrogen) atoms. The first-order chi connectivity index (χ1) is 29.5. The quantitative estimate of drug-likeness (QED) is 0.146. The molecule has 0 bridgehead atoms. The van der Waals surface area contributed by atoms with Crippen molar-refractivity contribution < 1.29 is 0 Å². The van der Waals surface area contributed by atoms with Gasteiger partial charge in [0, 0.05) is 27.7 Å². The second-order valence-corrected chi connectivity index (χ2v) is 16.5. The van der Waals surface area contributed by atoms with E-state index in [1.807, 2.05) is 0 Å². The van der Waals surface area contributed by atoms with Crippen LogP contribution in [0.15, 0.2) is 224 Å². The van der Waals surface area contributed by atoms with Crippen molar-refractivity contribution in [1.29, 1.82) is 0 Å². The third-order valence-electron chi connectivity index (χ3n) is 12.6. The molecule has 0 saturated carbocycles. The minimum atomic E-state index is -0.147. The maximum Gasteiger partial charge on any atom is 0.0624 e. The topological polar surface area (TPSA) is 3.24 Å². The molecule has 284 valence electrons. The van der Waals surface area contributed by atoms with E-state index in [0.29, 0.717) is 0 Å². The smallest absolute Gasteiger partial charge is 0.0624 e. The molecule has 0 aliphatic heterocycles. The van der Waals surface area contributed by atoms with Gasteiger partial charge in [-0.1, -0.05) is 196 Å². The van der Waals surface area contributed by atoms with Crippen molar-refractivity contribution in [2.24, 2.45) is 0 Å². The van der Waals surface area contributed by atoms with Crippen LogP contribution in [0.1, 0.15) is 25.0 Å². The fourth-order valence-corrected chi connectivity index (χ4v) is 9.68. The molecule has 0 atom stereocenters. The third-order valence-corrected chi connectivity index (χ3v) is 12.6. The third kappa shape index (κ3) is 5.93. The molecule has 0 spiro atoms. The average Bonchev–Trinajstić information content (AvgIpc) is 3.55. The molecular weight excluding hydrogens is 723 g/mol. The molecule has 0 N–H and O–H groups in total. The summed E-state index contributed by atoms with van der Waals surface area (Å²) >= 11 is 0. The first-order valence-corrected chi connectivity index (χ1v) is 20.9. The van der Waals surface area contributed by atoms with Crippen LogP contribution in [0.5, 0.6) is 0 Å². The van der Waals surface area contributed by atoms with Gasteiger partial charge < -0.3 is 4.90 Å². The lowest BCUT2D eigenvalue weighted by molar-refractivity contribution is 0.660. The molecule has 10 aromatic carbocycles. The zero-order valence-electron chi connectivity index (χ0n) is 33.8. The number of fused-ring (bicyclic) bond motifs is 6. The van der Waals surface area contributed by atoms with Gasteiger partial charge in [0.25, 0.3) is 0 Å². The van der Waals surface area contributed by atoms with Crippen LogP contribution in [0.3, 0.4) is 0 Å². The predicted molar refractivity (Wildman–Crippen MR) is 255 cm³/mol. The van der Waals surface area contributed by atoms with Gasteiger partial charge in [-0.3, -0.25) is 0 Å². The van der Waals surface area contributed by atoms with Crippen LogP contribution in [0, 0.1) is 0 Å². The Labute approximate surface area is 352 Å². The molecule has 0 unspecified atom stereocenters. The van der Waals surface area contributed by atoms with E-state index < -0.39 is 0 Å². The van der Waals surface area contributed by atoms with E-state index in [1.54, 1.807) is 0 Å². The molecule has 0 fully saturated rings. The Kier molecular flexibility index (Phi) is 8.57. The number of hydrogen-bond acceptors (Lipinski definition) is 1. The van der Waals surface area contributed by atoms with E-state index in [0.717, 1.165) is 11.4 Å². The molecule has 11 rings (SSSR count). The Hall–Kier alpha value is -7.48. The molecule has 1 nitrogen and oxygen atoms in total. The maximum atomic E-state index is 2.52. The van der Waals surface area contributed by atoms with E-state index in [2.05, 4.69) is 243 Å². The molecule has 0 amide bonds. The van der Waals surface area contributed by atoms with E-state index in [-0.39, 0.29) is 5.41 Å². The summed E-state index contributed by atoms with van der Waals surface area (Å²) in [5.74, 6) is 0. The lowest BCUT2D eigenvalue weighted by Gasteiger charge is -2.32. The molecular formula is C59H43N. The second kappa shape index (κ2) is 14.4. The van der Waals surface area contributed by atoms with Crippen molar-refractivity contribution in [2.75, 3.05) is 4.90 Å². The summed E-state index contributed by atoms with van der Waals surface area (Å²) in [6, 6.07) is 82.5. The summed E-state index contributed by atoms with van der Waals surface area (Å²) in [6.07, 6.45) is 0. The van der Waals surface area contributed by atoms with Gasteiger partial charge in [-0.05, 0) is 120 Å². The maximum absolute atomic E-state index is 2.52. The van der Waals surface area contributed by atoms with Crippen LogP contribution in [-0.4, -0.2) is 0 Å². The molecule has 0 radical (unpaired) electrons. The largest absolute Gasteiger partial charge is 0.309 e. The zero-order chi connectivity index (χ0) is 40.2. The van der Waals surface area contributed by atoms with Crippen LogP contribution in [-0.2, 0) is 5.41 Å². The first-order valence-electron chi connectivity index (χ1n) is 20.9. The second-order valence-electron chi connectivity index (χ2n) is 16.5. The summed E-state index contributed by atoms with van der Waals surface area (Å²) in [5, 5.41) is 4.94. The highest BCUT2D eigenvalue weighted by Gasteiger charge is 2.36. The Balaban J connectivity index is 1.16. The summed E-state index contributed by atoms with van der Waals surface area (Å²) in [6.45, 7) is 4.74. The molecule has 1 aliphatic rings. The zero-order valence-corrected chi connectivity index (χ0v) is 33.8. The molecule has 10 aromatic rings. The summed E-state index contributed by atoms with van der Waals surface area (Å²) in [7, 11) is 0. The van der Waals surface area contributed by atoms with E-state index in [9.17, 15) is 0 Å². The van der Waals surface area contributed by atoms with Crippen molar-refractivity contribution in [3.05, 3.63) is 236 Å². The lowest BCUT2D eigenvalue weighted by atomic mass is 9.82. The highest BCUT2D eigenvalue weighted by molar-refractivity contribution is 6.22. The standard InChI is InChI=1S/C59H43N/c1-59(2)55-29-17-16-26-51(55)52-35-34-48(39-56(52)59)60(58-54-28-15-13-25-50(54)49-24-12-14-27-53(49)57(58)43-22-10-5-11-23-43)47-32-30-42(31-33-47)46-37-44(40-18-6-3-7-19-40)36-45(38-46)41-20-8-4-9-21-41/h3-39H,1-2H3. The summed E-state index contributed by atoms with van der Waals surface area (Å²) < 4.78 is 0. The normalized spacial score (nSPS) is 12.6. The van der Waals surface area contributed by atoms with Gasteiger partial charge in [0.2, 0.25) is 0 Å². The van der Waals surface area contributed by atoms with Crippen molar-refractivity contribution in [3.63, 3.8) is 0 Å². The van der Waals surface area contributed by atoms with Gasteiger partial charge in [0.15, 0.2) is 0 Å². The Bertz CT molecular complexity index is 3140. The SMILES string of the molecule is CC1(C)c2ccccc2-c2ccc(N(c3ccc(-c4cc(-c5ccccc5)cc(-c5ccccc5)c4)cc3)c3c(-c4ccccc4)c4ccccc4c4ccccc34)cc21. The fourth-order valence-electron chi connectivity index (χ4n) is 9.68.